The lowest BCUT2D eigenvalue weighted by Crippen LogP contribution is -2.37. The van der Waals surface area contributed by atoms with Gasteiger partial charge in [0.05, 0.1) is 11.5 Å². The molecule has 1 atom stereocenters. The molecule has 20 heavy (non-hydrogen) atoms. The van der Waals surface area contributed by atoms with E-state index >= 15 is 0 Å². The van der Waals surface area contributed by atoms with Gasteiger partial charge in [-0.25, -0.2) is 16.8 Å². The quantitative estimate of drug-likeness (QED) is 0.747. The molecule has 0 bridgehead atoms. The Kier molecular flexibility index (Phi) is 5.30. The van der Waals surface area contributed by atoms with Crippen LogP contribution in [-0.4, -0.2) is 42.8 Å². The summed E-state index contributed by atoms with van der Waals surface area (Å²) in [5, 5.41) is 0. The molecule has 1 N–H and O–H groups in total. The van der Waals surface area contributed by atoms with Crippen molar-refractivity contribution in [2.45, 2.75) is 15.8 Å². The van der Waals surface area contributed by atoms with E-state index in [1.54, 1.807) is 0 Å². The normalized spacial score (nSPS) is 13.7. The Morgan fingerprint density at radius 3 is 2.25 bits per heavy atom. The molecule has 0 aromatic heterocycles. The van der Waals surface area contributed by atoms with Gasteiger partial charge in [0.1, 0.15) is 10.9 Å². The van der Waals surface area contributed by atoms with Gasteiger partial charge in [0.25, 0.3) is 0 Å². The summed E-state index contributed by atoms with van der Waals surface area (Å²) >= 11 is 0. The number of ether oxygens (including phenoxy) is 1. The Hall–Kier alpha value is -1.40. The van der Waals surface area contributed by atoms with E-state index < -0.39 is 25.9 Å². The Bertz CT molecular complexity index is 716. The molecule has 0 heterocycles. The van der Waals surface area contributed by atoms with Gasteiger partial charge in [-0.05, 0) is 12.1 Å². The lowest BCUT2D eigenvalue weighted by atomic mass is 10.4. The summed E-state index contributed by atoms with van der Waals surface area (Å²) in [5.41, 5.74) is 0. The number of sulfonamides is 1. The Morgan fingerprint density at radius 2 is 1.80 bits per heavy atom. The topological polar surface area (TPSA) is 89.5 Å². The van der Waals surface area contributed by atoms with Crippen LogP contribution in [0.2, 0.25) is 0 Å². The second-order valence-electron chi connectivity index (χ2n) is 4.01. The highest BCUT2D eigenvalue weighted by Gasteiger charge is 2.25. The Balaban J connectivity index is 3.28. The fourth-order valence-corrected chi connectivity index (χ4v) is 4.28. The molecular formula is C12H15NO5S2. The summed E-state index contributed by atoms with van der Waals surface area (Å²) in [7, 11) is -6.35. The van der Waals surface area contributed by atoms with E-state index in [2.05, 4.69) is 10.6 Å². The van der Waals surface area contributed by atoms with Gasteiger partial charge >= 0.3 is 0 Å². The van der Waals surface area contributed by atoms with Crippen LogP contribution in [0.1, 0.15) is 0 Å². The minimum Gasteiger partial charge on any atom is -0.382 e. The van der Waals surface area contributed by atoms with Gasteiger partial charge < -0.3 is 4.74 Å². The number of rotatable bonds is 6. The van der Waals surface area contributed by atoms with E-state index in [4.69, 9.17) is 11.2 Å². The maximum Gasteiger partial charge on any atom is 0.243 e. The maximum atomic E-state index is 12.2. The number of hydrogen-bond donors (Lipinski definition) is 1. The molecule has 0 saturated carbocycles. The van der Waals surface area contributed by atoms with Crippen molar-refractivity contribution in [2.75, 3.05) is 20.0 Å². The summed E-state index contributed by atoms with van der Waals surface area (Å²) in [5.74, 6) is 2.22. The van der Waals surface area contributed by atoms with Crippen molar-refractivity contribution < 1.29 is 21.6 Å². The largest absolute Gasteiger partial charge is 0.382 e. The average Bonchev–Trinajstić information content (AvgIpc) is 2.37. The van der Waals surface area contributed by atoms with Crippen molar-refractivity contribution in [3.63, 3.8) is 0 Å². The highest BCUT2D eigenvalue weighted by atomic mass is 32.2. The number of hydrogen-bond acceptors (Lipinski definition) is 5. The number of nitrogens with one attached hydrogen (secondary N) is 1. The number of sulfone groups is 1. The van der Waals surface area contributed by atoms with Crippen molar-refractivity contribution in [1.29, 1.82) is 0 Å². The zero-order valence-corrected chi connectivity index (χ0v) is 12.7. The first kappa shape index (κ1) is 16.7. The van der Waals surface area contributed by atoms with Crippen molar-refractivity contribution in [3.8, 4) is 12.3 Å². The third-order valence-electron chi connectivity index (χ3n) is 2.37. The van der Waals surface area contributed by atoms with Crippen LogP contribution in [0.3, 0.4) is 0 Å². The van der Waals surface area contributed by atoms with E-state index in [1.165, 1.54) is 31.4 Å². The van der Waals surface area contributed by atoms with Crippen LogP contribution in [0.15, 0.2) is 34.1 Å². The van der Waals surface area contributed by atoms with Crippen LogP contribution in [0, 0.1) is 12.3 Å². The van der Waals surface area contributed by atoms with Gasteiger partial charge in [-0.2, -0.15) is 4.72 Å². The van der Waals surface area contributed by atoms with E-state index in [1.807, 2.05) is 0 Å². The lowest BCUT2D eigenvalue weighted by molar-refractivity contribution is 0.190. The van der Waals surface area contributed by atoms with Crippen molar-refractivity contribution in [3.05, 3.63) is 24.3 Å². The second-order valence-corrected chi connectivity index (χ2v) is 7.68. The van der Waals surface area contributed by atoms with Crippen molar-refractivity contribution in [1.82, 2.24) is 4.72 Å². The molecule has 0 amide bonds. The Labute approximate surface area is 119 Å². The summed E-state index contributed by atoms with van der Waals surface area (Å²) < 4.78 is 54.7. The van der Waals surface area contributed by atoms with Crippen LogP contribution >= 0.6 is 0 Å². The molecule has 1 rings (SSSR count). The molecule has 0 aliphatic rings. The van der Waals surface area contributed by atoms with Crippen molar-refractivity contribution >= 4 is 19.9 Å². The molecule has 110 valence electrons. The fourth-order valence-electron chi connectivity index (χ4n) is 1.51. The van der Waals surface area contributed by atoms with Crippen molar-refractivity contribution in [2.24, 2.45) is 0 Å². The zero-order valence-electron chi connectivity index (χ0n) is 11.0. The molecule has 0 spiro atoms. The monoisotopic (exact) mass is 317 g/mol. The molecule has 1 aromatic carbocycles. The molecule has 6 nitrogen and oxygen atoms in total. The van der Waals surface area contributed by atoms with E-state index in [0.29, 0.717) is 0 Å². The number of terminal acetylenes is 1. The first-order valence-electron chi connectivity index (χ1n) is 5.49. The summed E-state index contributed by atoms with van der Waals surface area (Å²) in [4.78, 5) is -0.612. The molecule has 0 fully saturated rings. The molecular weight excluding hydrogens is 302 g/mol. The molecule has 0 unspecified atom stereocenters. The zero-order chi connectivity index (χ0) is 15.4. The van der Waals surface area contributed by atoms with E-state index in [-0.39, 0.29) is 16.4 Å². The summed E-state index contributed by atoms with van der Waals surface area (Å²) in [6.07, 6.45) is 6.13. The molecule has 0 radical (unpaired) electrons. The van der Waals surface area contributed by atoms with Crippen LogP contribution in [0.5, 0.6) is 0 Å². The van der Waals surface area contributed by atoms with Crippen LogP contribution in [0.25, 0.3) is 0 Å². The maximum absolute atomic E-state index is 12.2. The molecule has 0 aliphatic heterocycles. The predicted molar refractivity (Wildman–Crippen MR) is 74.4 cm³/mol. The highest BCUT2D eigenvalue weighted by Crippen LogP contribution is 2.20. The SMILES string of the molecule is C#C[C@@H](COC)NS(=O)(=O)c1ccccc1S(C)(=O)=O. The predicted octanol–water partition coefficient (Wildman–Crippen LogP) is 0.0166. The van der Waals surface area contributed by atoms with Gasteiger partial charge in [0, 0.05) is 13.4 Å². The molecule has 0 aliphatic carbocycles. The standard InChI is InChI=1S/C12H15NO5S2/c1-4-10(9-18-2)13-20(16,17)12-8-6-5-7-11(12)19(3,14)15/h1,5-8,10,13H,9H2,2-3H3/t10-/m0/s1. The highest BCUT2D eigenvalue weighted by molar-refractivity contribution is 7.93. The lowest BCUT2D eigenvalue weighted by Gasteiger charge is -2.14. The van der Waals surface area contributed by atoms with Crippen LogP contribution < -0.4 is 4.72 Å². The van der Waals surface area contributed by atoms with E-state index in [9.17, 15) is 16.8 Å². The Morgan fingerprint density at radius 1 is 1.25 bits per heavy atom. The summed E-state index contributed by atoms with van der Waals surface area (Å²) in [6.45, 7) is -0.0171. The fraction of sp³-hybridized carbons (Fsp3) is 0.333. The summed E-state index contributed by atoms with van der Waals surface area (Å²) in [6, 6.07) is 4.44. The first-order chi connectivity index (χ1) is 9.22. The third-order valence-corrected chi connectivity index (χ3v) is 5.18. The van der Waals surface area contributed by atoms with Crippen LogP contribution in [0.4, 0.5) is 0 Å². The number of methoxy groups -OCH3 is 1. The molecule has 0 saturated heterocycles. The first-order valence-corrected chi connectivity index (χ1v) is 8.86. The second kappa shape index (κ2) is 6.37. The average molecular weight is 317 g/mol. The van der Waals surface area contributed by atoms with Crippen LogP contribution in [-0.2, 0) is 24.6 Å². The molecule has 1 aromatic rings. The van der Waals surface area contributed by atoms with Gasteiger partial charge in [-0.3, -0.25) is 0 Å². The van der Waals surface area contributed by atoms with Gasteiger partial charge in [0.15, 0.2) is 9.84 Å². The van der Waals surface area contributed by atoms with Gasteiger partial charge in [0.2, 0.25) is 10.0 Å². The van der Waals surface area contributed by atoms with Gasteiger partial charge in [-0.1, -0.05) is 18.1 Å². The minimum absolute atomic E-state index is 0.0171. The smallest absolute Gasteiger partial charge is 0.243 e. The minimum atomic E-state index is -4.06. The van der Waals surface area contributed by atoms with E-state index in [0.717, 1.165) is 6.26 Å². The third kappa shape index (κ3) is 4.05. The molecule has 8 heteroatoms. The number of benzene rings is 1. The van der Waals surface area contributed by atoms with Gasteiger partial charge in [-0.15, -0.1) is 6.42 Å².